The summed E-state index contributed by atoms with van der Waals surface area (Å²) in [6.07, 6.45) is 5.97. The zero-order chi connectivity index (χ0) is 17.8. The van der Waals surface area contributed by atoms with E-state index in [2.05, 4.69) is 10.3 Å². The highest BCUT2D eigenvalue weighted by molar-refractivity contribution is 6.08. The summed E-state index contributed by atoms with van der Waals surface area (Å²) in [5, 5.41) is 2.82. The molecule has 0 radical (unpaired) electrons. The van der Waals surface area contributed by atoms with E-state index in [1.807, 2.05) is 31.2 Å². The second-order valence-electron chi connectivity index (χ2n) is 7.20. The Bertz CT molecular complexity index is 660. The van der Waals surface area contributed by atoms with E-state index in [-0.39, 0.29) is 5.97 Å². The number of hydrogen-bond donors (Lipinski definition) is 1. The van der Waals surface area contributed by atoms with Crippen molar-refractivity contribution >= 4 is 17.7 Å². The zero-order valence-electron chi connectivity index (χ0n) is 15.0. The molecule has 2 atom stereocenters. The average Bonchev–Trinajstić information content (AvgIpc) is 2.60. The predicted molar refractivity (Wildman–Crippen MR) is 96.6 cm³/mol. The first-order valence-electron chi connectivity index (χ1n) is 9.13. The Morgan fingerprint density at radius 1 is 1.16 bits per heavy atom. The van der Waals surface area contributed by atoms with E-state index < -0.39 is 18.0 Å². The third-order valence-electron chi connectivity index (χ3n) is 5.22. The fourth-order valence-corrected chi connectivity index (χ4v) is 3.72. The summed E-state index contributed by atoms with van der Waals surface area (Å²) in [7, 11) is 0. The highest BCUT2D eigenvalue weighted by Gasteiger charge is 2.38. The third-order valence-corrected chi connectivity index (χ3v) is 5.22. The van der Waals surface area contributed by atoms with E-state index in [4.69, 9.17) is 4.74 Å². The van der Waals surface area contributed by atoms with Crippen LogP contribution in [0.15, 0.2) is 29.3 Å². The summed E-state index contributed by atoms with van der Waals surface area (Å²) >= 11 is 0. The van der Waals surface area contributed by atoms with Gasteiger partial charge in [-0.15, -0.1) is 0 Å². The minimum Gasteiger partial charge on any atom is -0.465 e. The van der Waals surface area contributed by atoms with Crippen LogP contribution in [0.3, 0.4) is 0 Å². The monoisotopic (exact) mass is 342 g/mol. The number of urea groups is 1. The number of amides is 2. The molecule has 2 unspecified atom stereocenters. The van der Waals surface area contributed by atoms with Crippen molar-refractivity contribution < 1.29 is 14.3 Å². The van der Waals surface area contributed by atoms with E-state index in [0.29, 0.717) is 18.2 Å². The fraction of sp³-hybridized carbons (Fsp3) is 0.550. The second kappa shape index (κ2) is 7.81. The summed E-state index contributed by atoms with van der Waals surface area (Å²) < 4.78 is 5.63. The highest BCUT2D eigenvalue weighted by atomic mass is 16.5. The van der Waals surface area contributed by atoms with Crippen molar-refractivity contribution in [3.8, 4) is 0 Å². The first-order chi connectivity index (χ1) is 12.0. The van der Waals surface area contributed by atoms with Gasteiger partial charge in [-0.3, -0.25) is 4.79 Å². The summed E-state index contributed by atoms with van der Waals surface area (Å²) in [5.74, 6) is -0.396. The number of nitrogens with one attached hydrogen (secondary N) is 1. The molecule has 1 aliphatic heterocycles. The molecule has 5 nitrogen and oxygen atoms in total. The van der Waals surface area contributed by atoms with Gasteiger partial charge in [0.2, 0.25) is 0 Å². The summed E-state index contributed by atoms with van der Waals surface area (Å²) in [4.78, 5) is 28.5. The lowest BCUT2D eigenvalue weighted by Gasteiger charge is -2.30. The van der Waals surface area contributed by atoms with Crippen molar-refractivity contribution in [2.24, 2.45) is 16.8 Å². The Morgan fingerprint density at radius 2 is 1.84 bits per heavy atom. The quantitative estimate of drug-likeness (QED) is 0.842. The molecular weight excluding hydrogens is 316 g/mol. The normalized spacial score (nSPS) is 24.4. The van der Waals surface area contributed by atoms with Crippen molar-refractivity contribution in [1.82, 2.24) is 5.32 Å². The molecule has 0 saturated heterocycles. The SMILES string of the molecule is CC1=NC(=O)NC(c2ccc(C)cc2)C1C(=O)OCC1CCCCC1. The lowest BCUT2D eigenvalue weighted by molar-refractivity contribution is -0.148. The van der Waals surface area contributed by atoms with Gasteiger partial charge in [-0.25, -0.2) is 9.79 Å². The number of esters is 1. The molecule has 1 saturated carbocycles. The lowest BCUT2D eigenvalue weighted by Crippen LogP contribution is -2.44. The number of benzene rings is 1. The van der Waals surface area contributed by atoms with E-state index in [9.17, 15) is 9.59 Å². The molecule has 1 heterocycles. The van der Waals surface area contributed by atoms with Crippen molar-refractivity contribution in [2.75, 3.05) is 6.61 Å². The van der Waals surface area contributed by atoms with E-state index >= 15 is 0 Å². The van der Waals surface area contributed by atoms with Crippen LogP contribution in [-0.2, 0) is 9.53 Å². The Balaban J connectivity index is 1.74. The summed E-state index contributed by atoms with van der Waals surface area (Å²) in [5.41, 5.74) is 2.54. The summed E-state index contributed by atoms with van der Waals surface area (Å²) in [6.45, 7) is 4.20. The van der Waals surface area contributed by atoms with Crippen molar-refractivity contribution in [3.63, 3.8) is 0 Å². The number of rotatable bonds is 4. The third kappa shape index (κ3) is 4.27. The molecule has 1 N–H and O–H groups in total. The molecule has 1 aromatic carbocycles. The first-order valence-corrected chi connectivity index (χ1v) is 9.13. The van der Waals surface area contributed by atoms with Gasteiger partial charge < -0.3 is 10.1 Å². The molecule has 1 fully saturated rings. The van der Waals surface area contributed by atoms with Gasteiger partial charge in [-0.1, -0.05) is 49.1 Å². The van der Waals surface area contributed by atoms with Crippen LogP contribution in [0.2, 0.25) is 0 Å². The molecular formula is C20H26N2O3. The molecule has 3 rings (SSSR count). The van der Waals surface area contributed by atoms with Gasteiger partial charge in [-0.2, -0.15) is 0 Å². The van der Waals surface area contributed by atoms with E-state index in [1.165, 1.54) is 19.3 Å². The van der Waals surface area contributed by atoms with Crippen LogP contribution in [-0.4, -0.2) is 24.3 Å². The number of aryl methyl sites for hydroxylation is 1. The smallest absolute Gasteiger partial charge is 0.341 e. The van der Waals surface area contributed by atoms with Gasteiger partial charge in [-0.05, 0) is 38.2 Å². The molecule has 0 bridgehead atoms. The van der Waals surface area contributed by atoms with Crippen molar-refractivity contribution in [1.29, 1.82) is 0 Å². The Morgan fingerprint density at radius 3 is 2.52 bits per heavy atom. The Kier molecular flexibility index (Phi) is 5.51. The van der Waals surface area contributed by atoms with Gasteiger partial charge in [0.25, 0.3) is 0 Å². The molecule has 1 aliphatic carbocycles. The molecule has 25 heavy (non-hydrogen) atoms. The molecule has 134 valence electrons. The number of hydrogen-bond acceptors (Lipinski definition) is 3. The minimum absolute atomic E-state index is 0.294. The van der Waals surface area contributed by atoms with Gasteiger partial charge >= 0.3 is 12.0 Å². The maximum Gasteiger partial charge on any atom is 0.341 e. The van der Waals surface area contributed by atoms with Crippen LogP contribution < -0.4 is 5.32 Å². The average molecular weight is 342 g/mol. The first kappa shape index (κ1) is 17.6. The van der Waals surface area contributed by atoms with Gasteiger partial charge in [0.1, 0.15) is 5.92 Å². The fourth-order valence-electron chi connectivity index (χ4n) is 3.72. The lowest BCUT2D eigenvalue weighted by atomic mass is 9.87. The molecule has 5 heteroatoms. The van der Waals surface area contributed by atoms with E-state index in [0.717, 1.165) is 24.0 Å². The molecule has 1 aromatic rings. The summed E-state index contributed by atoms with van der Waals surface area (Å²) in [6, 6.07) is 7.02. The molecule has 0 spiro atoms. The zero-order valence-corrected chi connectivity index (χ0v) is 15.0. The van der Waals surface area contributed by atoms with Crippen LogP contribution in [0.25, 0.3) is 0 Å². The Labute approximate surface area is 148 Å². The number of carbonyl (C=O) groups excluding carboxylic acids is 2. The largest absolute Gasteiger partial charge is 0.465 e. The van der Waals surface area contributed by atoms with Crippen LogP contribution in [0.1, 0.15) is 56.2 Å². The topological polar surface area (TPSA) is 67.8 Å². The maximum absolute atomic E-state index is 12.8. The minimum atomic E-state index is -0.566. The van der Waals surface area contributed by atoms with Crippen LogP contribution in [0.5, 0.6) is 0 Å². The van der Waals surface area contributed by atoms with Crippen molar-refractivity contribution in [3.05, 3.63) is 35.4 Å². The number of carbonyl (C=O) groups is 2. The Hall–Kier alpha value is -2.17. The molecule has 2 aliphatic rings. The van der Waals surface area contributed by atoms with Gasteiger partial charge in [0.15, 0.2) is 0 Å². The highest BCUT2D eigenvalue weighted by Crippen LogP contribution is 2.29. The standard InChI is InChI=1S/C20H26N2O3/c1-13-8-10-16(11-9-13)18-17(14(2)21-20(24)22-18)19(23)25-12-15-6-4-3-5-7-15/h8-11,15,17-18H,3-7,12H2,1-2H3,(H,22,24). The van der Waals surface area contributed by atoms with Crippen LogP contribution in [0.4, 0.5) is 4.79 Å². The molecule has 0 aromatic heterocycles. The number of nitrogens with zero attached hydrogens (tertiary/aromatic N) is 1. The van der Waals surface area contributed by atoms with Crippen LogP contribution >= 0.6 is 0 Å². The van der Waals surface area contributed by atoms with Crippen LogP contribution in [0, 0.1) is 18.8 Å². The van der Waals surface area contributed by atoms with E-state index in [1.54, 1.807) is 6.92 Å². The van der Waals surface area contributed by atoms with Crippen molar-refractivity contribution in [2.45, 2.75) is 52.0 Å². The maximum atomic E-state index is 12.8. The van der Waals surface area contributed by atoms with Gasteiger partial charge in [0, 0.05) is 5.71 Å². The predicted octanol–water partition coefficient (Wildman–Crippen LogP) is 3.96. The number of ether oxygens (including phenoxy) is 1. The number of aliphatic imine (C=N–C) groups is 1. The molecule has 2 amide bonds. The van der Waals surface area contributed by atoms with Gasteiger partial charge in [0.05, 0.1) is 12.6 Å². The second-order valence-corrected chi connectivity index (χ2v) is 7.20.